The molecule has 0 unspecified atom stereocenters. The van der Waals surface area contributed by atoms with Gasteiger partial charge in [0.25, 0.3) is 10.0 Å². The van der Waals surface area contributed by atoms with E-state index in [1.165, 1.54) is 4.31 Å². The first kappa shape index (κ1) is 30.8. The van der Waals surface area contributed by atoms with E-state index in [9.17, 15) is 13.2 Å². The van der Waals surface area contributed by atoms with Crippen LogP contribution < -0.4 is 4.31 Å². The average Bonchev–Trinajstić information content (AvgIpc) is 3.32. The molecule has 0 saturated heterocycles. The average molecular weight is 588 g/mol. The van der Waals surface area contributed by atoms with Gasteiger partial charge >= 0.3 is 5.97 Å². The lowest BCUT2D eigenvalue weighted by Crippen LogP contribution is -2.33. The highest BCUT2D eigenvalue weighted by molar-refractivity contribution is 7.92. The van der Waals surface area contributed by atoms with Crippen LogP contribution in [-0.2, 0) is 32.5 Å². The molecule has 0 fully saturated rings. The van der Waals surface area contributed by atoms with Crippen LogP contribution in [-0.4, -0.2) is 62.6 Å². The van der Waals surface area contributed by atoms with Gasteiger partial charge in [0.05, 0.1) is 39.9 Å². The number of sulfonamides is 1. The maximum Gasteiger partial charge on any atom is 0.305 e. The van der Waals surface area contributed by atoms with Crippen molar-refractivity contribution in [2.24, 2.45) is 0 Å². The Morgan fingerprint density at radius 2 is 1.74 bits per heavy atom. The van der Waals surface area contributed by atoms with Gasteiger partial charge in [-0.3, -0.25) is 9.10 Å². The van der Waals surface area contributed by atoms with E-state index in [2.05, 4.69) is 10.6 Å². The molecule has 0 aliphatic rings. The van der Waals surface area contributed by atoms with Crippen LogP contribution in [0.1, 0.15) is 43.1 Å². The number of carbonyl (C=O) groups excluding carboxylic acids is 1. The van der Waals surface area contributed by atoms with E-state index in [-0.39, 0.29) is 17.3 Å². The molecule has 0 radical (unpaired) electrons. The van der Waals surface area contributed by atoms with Crippen LogP contribution in [0.4, 0.5) is 5.69 Å². The van der Waals surface area contributed by atoms with Gasteiger partial charge in [-0.1, -0.05) is 30.3 Å². The molecule has 10 heteroatoms. The number of nitriles is 1. The summed E-state index contributed by atoms with van der Waals surface area (Å²) in [7, 11) is 0.123. The second-order valence-corrected chi connectivity index (χ2v) is 12.2. The number of hydrogen-bond acceptors (Lipinski definition) is 7. The number of nitrogens with zero attached hydrogens (tertiary/aromatic N) is 5. The first-order valence-electron chi connectivity index (χ1n) is 14.1. The minimum absolute atomic E-state index is 0.237. The Bertz CT molecular complexity index is 1640. The molecule has 0 atom stereocenters. The monoisotopic (exact) mass is 587 g/mol. The van der Waals surface area contributed by atoms with Crippen LogP contribution >= 0.6 is 0 Å². The fraction of sp³-hybridized carbons (Fsp3) is 0.344. The third-order valence-electron chi connectivity index (χ3n) is 6.91. The lowest BCUT2D eigenvalue weighted by Gasteiger charge is -2.25. The minimum atomic E-state index is -3.81. The molecule has 1 aromatic heterocycles. The Hall–Kier alpha value is -4.20. The maximum absolute atomic E-state index is 13.8. The van der Waals surface area contributed by atoms with Crippen LogP contribution in [0.15, 0.2) is 77.7 Å². The van der Waals surface area contributed by atoms with Gasteiger partial charge in [0.1, 0.15) is 5.82 Å². The molecule has 220 valence electrons. The minimum Gasteiger partial charge on any atom is -0.466 e. The highest BCUT2D eigenvalue weighted by atomic mass is 32.2. The molecule has 1 heterocycles. The Morgan fingerprint density at radius 3 is 2.40 bits per heavy atom. The molecule has 9 nitrogen and oxygen atoms in total. The summed E-state index contributed by atoms with van der Waals surface area (Å²) >= 11 is 0. The molecule has 0 bridgehead atoms. The number of fused-ring (bicyclic) bond motifs is 1. The van der Waals surface area contributed by atoms with Gasteiger partial charge in [-0.2, -0.15) is 5.26 Å². The number of ether oxygens (including phenoxy) is 1. The lowest BCUT2D eigenvalue weighted by atomic mass is 10.1. The fourth-order valence-corrected chi connectivity index (χ4v) is 6.36. The standard InChI is InChI=1S/C32H37N5O4S/c1-4-41-32(38)12-8-20-36-30-18-17-27(23-29(30)34-31(36)22-25-13-15-26(24-33)16-14-25)37(21-9-19-35(2)3)42(39,40)28-10-6-5-7-11-28/h5-7,10-11,13-18,23H,4,8-9,12,19-22H2,1-3H3. The number of benzene rings is 3. The number of carbonyl (C=O) groups is 1. The summed E-state index contributed by atoms with van der Waals surface area (Å²) in [5.41, 5.74) is 3.66. The quantitative estimate of drug-likeness (QED) is 0.191. The largest absolute Gasteiger partial charge is 0.466 e. The number of aryl methyl sites for hydroxylation is 1. The second-order valence-electron chi connectivity index (χ2n) is 10.3. The summed E-state index contributed by atoms with van der Waals surface area (Å²) in [5.74, 6) is 0.554. The summed E-state index contributed by atoms with van der Waals surface area (Å²) in [5, 5.41) is 9.17. The van der Waals surface area contributed by atoms with Crippen molar-refractivity contribution in [3.8, 4) is 6.07 Å². The number of imidazole rings is 1. The molecular formula is C32H37N5O4S. The normalized spacial score (nSPS) is 11.5. The number of rotatable bonds is 14. The van der Waals surface area contributed by atoms with Gasteiger partial charge in [-0.15, -0.1) is 0 Å². The zero-order valence-corrected chi connectivity index (χ0v) is 25.2. The van der Waals surface area contributed by atoms with Gasteiger partial charge in [-0.05, 0) is 88.4 Å². The molecule has 0 spiro atoms. The van der Waals surface area contributed by atoms with Crippen LogP contribution in [0.3, 0.4) is 0 Å². The third-order valence-corrected chi connectivity index (χ3v) is 8.75. The molecule has 42 heavy (non-hydrogen) atoms. The van der Waals surface area contributed by atoms with E-state index < -0.39 is 10.0 Å². The van der Waals surface area contributed by atoms with Crippen LogP contribution in [0.2, 0.25) is 0 Å². The van der Waals surface area contributed by atoms with Crippen molar-refractivity contribution in [2.75, 3.05) is 38.1 Å². The van der Waals surface area contributed by atoms with Gasteiger partial charge in [0.2, 0.25) is 0 Å². The van der Waals surface area contributed by atoms with E-state index in [4.69, 9.17) is 15.0 Å². The number of aromatic nitrogens is 2. The molecular weight excluding hydrogens is 550 g/mol. The first-order chi connectivity index (χ1) is 20.2. The zero-order chi connectivity index (χ0) is 30.1. The Kier molecular flexibility index (Phi) is 10.3. The van der Waals surface area contributed by atoms with Crippen LogP contribution in [0, 0.1) is 11.3 Å². The highest BCUT2D eigenvalue weighted by Crippen LogP contribution is 2.29. The number of anilines is 1. The van der Waals surface area contributed by atoms with Crippen molar-refractivity contribution in [1.82, 2.24) is 14.5 Å². The molecule has 0 saturated carbocycles. The Morgan fingerprint density at radius 1 is 1.00 bits per heavy atom. The first-order valence-corrected chi connectivity index (χ1v) is 15.5. The number of esters is 1. The van der Waals surface area contributed by atoms with E-state index in [0.29, 0.717) is 55.7 Å². The second kappa shape index (κ2) is 14.1. The van der Waals surface area contributed by atoms with Crippen LogP contribution in [0.25, 0.3) is 11.0 Å². The molecule has 0 amide bonds. The summed E-state index contributed by atoms with van der Waals surface area (Å²) in [6.45, 7) is 3.74. The third kappa shape index (κ3) is 7.55. The molecule has 0 aliphatic carbocycles. The van der Waals surface area contributed by atoms with E-state index in [1.54, 1.807) is 49.4 Å². The molecule has 0 N–H and O–H groups in total. The fourth-order valence-electron chi connectivity index (χ4n) is 4.84. The smallest absolute Gasteiger partial charge is 0.305 e. The zero-order valence-electron chi connectivity index (χ0n) is 24.4. The summed E-state index contributed by atoms with van der Waals surface area (Å²) in [6, 6.07) is 23.5. The Labute approximate surface area is 248 Å². The van der Waals surface area contributed by atoms with Crippen LogP contribution in [0.5, 0.6) is 0 Å². The van der Waals surface area contributed by atoms with Crippen molar-refractivity contribution in [3.05, 3.63) is 89.7 Å². The molecule has 3 aromatic carbocycles. The van der Waals surface area contributed by atoms with Crippen molar-refractivity contribution in [3.63, 3.8) is 0 Å². The Balaban J connectivity index is 1.72. The van der Waals surface area contributed by atoms with Gasteiger partial charge in [0, 0.05) is 25.9 Å². The molecule has 4 aromatic rings. The molecule has 0 aliphatic heterocycles. The summed E-state index contributed by atoms with van der Waals surface area (Å²) in [6.07, 6.45) is 2.04. The van der Waals surface area contributed by atoms with Crippen molar-refractivity contribution in [1.29, 1.82) is 5.26 Å². The van der Waals surface area contributed by atoms with Crippen molar-refractivity contribution >= 4 is 32.7 Å². The van der Waals surface area contributed by atoms with Gasteiger partial charge < -0.3 is 14.2 Å². The predicted molar refractivity (Wildman–Crippen MR) is 164 cm³/mol. The van der Waals surface area contributed by atoms with E-state index in [1.807, 2.05) is 49.3 Å². The number of hydrogen-bond donors (Lipinski definition) is 0. The maximum atomic E-state index is 13.8. The van der Waals surface area contributed by atoms with Crippen molar-refractivity contribution in [2.45, 2.75) is 44.0 Å². The predicted octanol–water partition coefficient (Wildman–Crippen LogP) is 4.99. The molecule has 4 rings (SSSR count). The van der Waals surface area contributed by atoms with Gasteiger partial charge in [-0.25, -0.2) is 13.4 Å². The summed E-state index contributed by atoms with van der Waals surface area (Å²) < 4.78 is 36.2. The van der Waals surface area contributed by atoms with Crippen molar-refractivity contribution < 1.29 is 17.9 Å². The topological polar surface area (TPSA) is 109 Å². The van der Waals surface area contributed by atoms with Gasteiger partial charge in [0.15, 0.2) is 0 Å². The van der Waals surface area contributed by atoms with E-state index >= 15 is 0 Å². The highest BCUT2D eigenvalue weighted by Gasteiger charge is 2.25. The van der Waals surface area contributed by atoms with E-state index in [0.717, 1.165) is 23.4 Å². The summed E-state index contributed by atoms with van der Waals surface area (Å²) in [4.78, 5) is 19.2. The SMILES string of the molecule is CCOC(=O)CCCn1c(Cc2ccc(C#N)cc2)nc2cc(N(CCCN(C)C)S(=O)(=O)c3ccccc3)ccc21. The lowest BCUT2D eigenvalue weighted by molar-refractivity contribution is -0.143.